The average Bonchev–Trinajstić information content (AvgIpc) is 2.26. The number of amides is 3. The number of thioether (sulfide) groups is 1. The summed E-state index contributed by atoms with van der Waals surface area (Å²) in [5, 5.41) is 7.77. The molecule has 0 bridgehead atoms. The predicted molar refractivity (Wildman–Crippen MR) is 61.7 cm³/mol. The first-order valence-electron chi connectivity index (χ1n) is 4.33. The van der Waals surface area contributed by atoms with Crippen LogP contribution in [-0.4, -0.2) is 43.1 Å². The fourth-order valence-electron chi connectivity index (χ4n) is 0.650. The highest BCUT2D eigenvalue weighted by Gasteiger charge is 2.07. The Morgan fingerprint density at radius 1 is 1.50 bits per heavy atom. The van der Waals surface area contributed by atoms with Crippen molar-refractivity contribution >= 4 is 28.9 Å². The van der Waals surface area contributed by atoms with Crippen molar-refractivity contribution in [3.63, 3.8) is 0 Å². The first-order chi connectivity index (χ1) is 7.60. The predicted octanol–water partition coefficient (Wildman–Crippen LogP) is -1.62. The summed E-state index contributed by atoms with van der Waals surface area (Å²) in [5.41, 5.74) is 5.24. The Bertz CT molecular complexity index is 271. The lowest BCUT2D eigenvalue weighted by Crippen LogP contribution is -2.41. The molecule has 0 aromatic heterocycles. The molecule has 0 aliphatic carbocycles. The molecule has 0 aliphatic rings. The van der Waals surface area contributed by atoms with Gasteiger partial charge in [-0.1, -0.05) is 11.8 Å². The van der Waals surface area contributed by atoms with E-state index in [1.165, 1.54) is 7.11 Å². The van der Waals surface area contributed by atoms with E-state index in [0.717, 1.165) is 11.8 Å². The van der Waals surface area contributed by atoms with Crippen molar-refractivity contribution in [3.8, 4) is 0 Å². The summed E-state index contributed by atoms with van der Waals surface area (Å²) in [6, 6.07) is -0.578. The van der Waals surface area contributed by atoms with Crippen molar-refractivity contribution in [1.82, 2.24) is 10.6 Å². The minimum Gasteiger partial charge on any atom is -0.383 e. The lowest BCUT2D eigenvalue weighted by molar-refractivity contribution is -0.117. The lowest BCUT2D eigenvalue weighted by atomic mass is 10.6. The molecule has 16 heavy (non-hydrogen) atoms. The summed E-state index contributed by atoms with van der Waals surface area (Å²) in [5.74, 6) is 4.35. The third-order valence-electron chi connectivity index (χ3n) is 1.32. The summed E-state index contributed by atoms with van der Waals surface area (Å²) in [6.45, 7) is 0.707. The topological polar surface area (TPSA) is 132 Å². The van der Waals surface area contributed by atoms with E-state index in [1.54, 1.807) is 0 Å². The van der Waals surface area contributed by atoms with E-state index in [1.807, 2.05) is 0 Å². The standard InChI is InChI=1S/C7H15N5O3S/c1-15-3-2-10-7(14)11-5(13)4-16-6(8)12-9/h2-4,9H2,1H3,(H2,8,12)(H2,10,11,13,14). The Balaban J connectivity index is 3.66. The van der Waals surface area contributed by atoms with Crippen molar-refractivity contribution in [3.05, 3.63) is 0 Å². The minimum atomic E-state index is -0.578. The monoisotopic (exact) mass is 249 g/mol. The number of nitrogens with one attached hydrogen (secondary N) is 2. The van der Waals surface area contributed by atoms with Gasteiger partial charge >= 0.3 is 6.03 Å². The number of ether oxygens (including phenoxy) is 1. The van der Waals surface area contributed by atoms with Gasteiger partial charge in [-0.15, -0.1) is 0 Å². The van der Waals surface area contributed by atoms with Gasteiger partial charge in [0.2, 0.25) is 5.91 Å². The second-order valence-corrected chi connectivity index (χ2v) is 3.55. The van der Waals surface area contributed by atoms with Gasteiger partial charge in [-0.25, -0.2) is 4.79 Å². The van der Waals surface area contributed by atoms with Crippen LogP contribution in [0.4, 0.5) is 4.79 Å². The van der Waals surface area contributed by atoms with Crippen LogP contribution in [0.2, 0.25) is 0 Å². The Morgan fingerprint density at radius 3 is 2.75 bits per heavy atom. The van der Waals surface area contributed by atoms with Gasteiger partial charge < -0.3 is 21.6 Å². The molecule has 92 valence electrons. The second-order valence-electron chi connectivity index (χ2n) is 2.55. The largest absolute Gasteiger partial charge is 0.383 e. The summed E-state index contributed by atoms with van der Waals surface area (Å²) in [4.78, 5) is 22.2. The van der Waals surface area contributed by atoms with E-state index >= 15 is 0 Å². The number of hydrogen-bond acceptors (Lipinski definition) is 6. The zero-order valence-corrected chi connectivity index (χ0v) is 9.67. The summed E-state index contributed by atoms with van der Waals surface area (Å²) >= 11 is 0.941. The Hall–Kier alpha value is -1.48. The number of nitrogens with zero attached hydrogens (tertiary/aromatic N) is 1. The summed E-state index contributed by atoms with van der Waals surface area (Å²) in [6.07, 6.45) is 0. The average molecular weight is 249 g/mol. The molecule has 0 radical (unpaired) electrons. The fraction of sp³-hybridized carbons (Fsp3) is 0.571. The molecule has 0 unspecified atom stereocenters. The van der Waals surface area contributed by atoms with Crippen molar-refractivity contribution in [2.75, 3.05) is 26.0 Å². The van der Waals surface area contributed by atoms with Crippen LogP contribution >= 0.6 is 11.8 Å². The smallest absolute Gasteiger partial charge is 0.321 e. The Kier molecular flexibility index (Phi) is 7.98. The van der Waals surface area contributed by atoms with E-state index in [0.29, 0.717) is 13.2 Å². The molecule has 3 amide bonds. The van der Waals surface area contributed by atoms with Gasteiger partial charge in [0, 0.05) is 13.7 Å². The highest BCUT2D eigenvalue weighted by Crippen LogP contribution is 1.97. The maximum atomic E-state index is 11.1. The first-order valence-corrected chi connectivity index (χ1v) is 5.31. The highest BCUT2D eigenvalue weighted by molar-refractivity contribution is 8.14. The van der Waals surface area contributed by atoms with Crippen LogP contribution in [-0.2, 0) is 9.53 Å². The molecule has 0 spiro atoms. The number of carbonyl (C=O) groups excluding carboxylic acids is 2. The molecule has 0 aliphatic heterocycles. The zero-order chi connectivity index (χ0) is 12.4. The number of amidine groups is 1. The van der Waals surface area contributed by atoms with Gasteiger partial charge in [0.05, 0.1) is 12.4 Å². The fourth-order valence-corrected chi connectivity index (χ4v) is 1.08. The zero-order valence-electron chi connectivity index (χ0n) is 8.86. The highest BCUT2D eigenvalue weighted by atomic mass is 32.2. The van der Waals surface area contributed by atoms with Gasteiger partial charge in [-0.3, -0.25) is 10.1 Å². The maximum Gasteiger partial charge on any atom is 0.321 e. The van der Waals surface area contributed by atoms with E-state index in [2.05, 4.69) is 15.7 Å². The van der Waals surface area contributed by atoms with Crippen molar-refractivity contribution < 1.29 is 14.3 Å². The van der Waals surface area contributed by atoms with Gasteiger partial charge in [0.25, 0.3) is 0 Å². The molecule has 9 heteroatoms. The van der Waals surface area contributed by atoms with E-state index in [-0.39, 0.29) is 10.9 Å². The molecule has 0 saturated heterocycles. The molecule has 0 aromatic rings. The van der Waals surface area contributed by atoms with Crippen LogP contribution in [0, 0.1) is 0 Å². The number of methoxy groups -OCH3 is 1. The van der Waals surface area contributed by atoms with Crippen molar-refractivity contribution in [2.24, 2.45) is 16.7 Å². The van der Waals surface area contributed by atoms with Gasteiger partial charge in [-0.05, 0) is 0 Å². The third-order valence-corrected chi connectivity index (χ3v) is 2.13. The van der Waals surface area contributed by atoms with Crippen LogP contribution < -0.4 is 22.2 Å². The number of urea groups is 1. The molecule has 0 atom stereocenters. The number of hydrogen-bond donors (Lipinski definition) is 4. The number of carbonyl (C=O) groups is 2. The van der Waals surface area contributed by atoms with Gasteiger partial charge in [0.15, 0.2) is 5.17 Å². The SMILES string of the molecule is COCCNC(=O)NC(=O)CSC(N)=NN. The molecule has 0 fully saturated rings. The molecule has 0 heterocycles. The second kappa shape index (κ2) is 8.80. The van der Waals surface area contributed by atoms with Crippen molar-refractivity contribution in [1.29, 1.82) is 0 Å². The molecule has 8 nitrogen and oxygen atoms in total. The third kappa shape index (κ3) is 7.88. The van der Waals surface area contributed by atoms with Crippen molar-refractivity contribution in [2.45, 2.75) is 0 Å². The van der Waals surface area contributed by atoms with Crippen LogP contribution in [0.3, 0.4) is 0 Å². The van der Waals surface area contributed by atoms with Gasteiger partial charge in [-0.2, -0.15) is 5.10 Å². The first kappa shape index (κ1) is 14.5. The molecule has 0 aromatic carbocycles. The minimum absolute atomic E-state index is 0.0236. The van der Waals surface area contributed by atoms with Crippen LogP contribution in [0.25, 0.3) is 0 Å². The maximum absolute atomic E-state index is 11.1. The quantitative estimate of drug-likeness (QED) is 0.152. The normalized spacial score (nSPS) is 10.9. The number of imide groups is 1. The lowest BCUT2D eigenvalue weighted by Gasteiger charge is -2.05. The summed E-state index contributed by atoms with van der Waals surface area (Å²) < 4.78 is 4.71. The Morgan fingerprint density at radius 2 is 2.19 bits per heavy atom. The Labute approximate surface area is 97.1 Å². The molecular weight excluding hydrogens is 234 g/mol. The van der Waals surface area contributed by atoms with Crippen LogP contribution in [0.5, 0.6) is 0 Å². The summed E-state index contributed by atoms with van der Waals surface area (Å²) in [7, 11) is 1.51. The number of rotatable bonds is 5. The molecule has 0 rings (SSSR count). The number of hydrazone groups is 1. The van der Waals surface area contributed by atoms with Gasteiger partial charge in [0.1, 0.15) is 0 Å². The number of nitrogens with two attached hydrogens (primary N) is 2. The molecule has 0 saturated carbocycles. The molecular formula is C7H15N5O3S. The molecule has 6 N–H and O–H groups in total. The van der Waals surface area contributed by atoms with Crippen LogP contribution in [0.1, 0.15) is 0 Å². The van der Waals surface area contributed by atoms with E-state index in [4.69, 9.17) is 16.3 Å². The van der Waals surface area contributed by atoms with Crippen LogP contribution in [0.15, 0.2) is 5.10 Å². The van der Waals surface area contributed by atoms with E-state index in [9.17, 15) is 9.59 Å². The van der Waals surface area contributed by atoms with E-state index < -0.39 is 11.9 Å².